The van der Waals surface area contributed by atoms with Gasteiger partial charge in [-0.2, -0.15) is 0 Å². The van der Waals surface area contributed by atoms with Crippen molar-refractivity contribution in [2.75, 3.05) is 51.2 Å². The Bertz CT molecular complexity index is 792. The van der Waals surface area contributed by atoms with Gasteiger partial charge < -0.3 is 20.7 Å². The van der Waals surface area contributed by atoms with Crippen LogP contribution in [0.2, 0.25) is 0 Å². The van der Waals surface area contributed by atoms with Crippen LogP contribution in [0.5, 0.6) is 5.75 Å². The monoisotopic (exact) mass is 460 g/mol. The summed E-state index contributed by atoms with van der Waals surface area (Å²) in [5, 5.41) is 9.71. The number of aryl methyl sites for hydroxylation is 1. The van der Waals surface area contributed by atoms with Gasteiger partial charge in [-0.25, -0.2) is 0 Å². The molecule has 0 atom stereocenters. The molecule has 0 radical (unpaired) electrons. The van der Waals surface area contributed by atoms with Crippen LogP contribution in [0.25, 0.3) is 0 Å². The Kier molecular flexibility index (Phi) is 8.49. The summed E-state index contributed by atoms with van der Waals surface area (Å²) < 4.78 is 6.80. The lowest BCUT2D eigenvalue weighted by Gasteiger charge is -2.27. The minimum absolute atomic E-state index is 0.0245. The Labute approximate surface area is 181 Å². The molecular formula is C22H29BrN4O2. The second-order valence-corrected chi connectivity index (χ2v) is 8.14. The van der Waals surface area contributed by atoms with Crippen LogP contribution in [-0.2, 0) is 11.3 Å². The van der Waals surface area contributed by atoms with Gasteiger partial charge in [0.1, 0.15) is 5.75 Å². The number of anilines is 1. The summed E-state index contributed by atoms with van der Waals surface area (Å²) in [4.78, 5) is 14.7. The van der Waals surface area contributed by atoms with Crippen LogP contribution in [0.3, 0.4) is 0 Å². The molecule has 1 amide bonds. The predicted octanol–water partition coefficient (Wildman–Crippen LogP) is 2.77. The molecule has 1 aliphatic rings. The number of ether oxygens (including phenoxy) is 1. The van der Waals surface area contributed by atoms with E-state index in [-0.39, 0.29) is 12.5 Å². The van der Waals surface area contributed by atoms with E-state index in [1.54, 1.807) is 0 Å². The minimum atomic E-state index is -0.172. The molecule has 7 heteroatoms. The molecule has 0 spiro atoms. The SMILES string of the molecule is Cc1ccc(NC(=O)COc2ccc(Br)cc2CNCCN2CCNCC2)cc1. The number of halogens is 1. The van der Waals surface area contributed by atoms with Gasteiger partial charge in [-0.3, -0.25) is 9.69 Å². The van der Waals surface area contributed by atoms with Crippen LogP contribution >= 0.6 is 15.9 Å². The van der Waals surface area contributed by atoms with Crippen LogP contribution in [0.4, 0.5) is 5.69 Å². The van der Waals surface area contributed by atoms with Gasteiger partial charge in [0.2, 0.25) is 0 Å². The van der Waals surface area contributed by atoms with Crippen molar-refractivity contribution in [3.8, 4) is 5.75 Å². The highest BCUT2D eigenvalue weighted by Gasteiger charge is 2.10. The summed E-state index contributed by atoms with van der Waals surface area (Å²) in [5.74, 6) is 0.552. The highest BCUT2D eigenvalue weighted by atomic mass is 79.9. The smallest absolute Gasteiger partial charge is 0.262 e. The van der Waals surface area contributed by atoms with Crippen molar-refractivity contribution in [1.29, 1.82) is 0 Å². The second kappa shape index (κ2) is 11.3. The quantitative estimate of drug-likeness (QED) is 0.502. The van der Waals surface area contributed by atoms with E-state index in [2.05, 4.69) is 36.8 Å². The van der Waals surface area contributed by atoms with E-state index < -0.39 is 0 Å². The van der Waals surface area contributed by atoms with Crippen molar-refractivity contribution in [3.05, 3.63) is 58.1 Å². The van der Waals surface area contributed by atoms with Gasteiger partial charge >= 0.3 is 0 Å². The molecule has 2 aromatic rings. The summed E-state index contributed by atoms with van der Waals surface area (Å²) in [5.41, 5.74) is 2.96. The molecule has 0 saturated carbocycles. The molecule has 1 aliphatic heterocycles. The van der Waals surface area contributed by atoms with Gasteiger partial charge in [-0.15, -0.1) is 0 Å². The standard InChI is InChI=1S/C22H29BrN4O2/c1-17-2-5-20(6-3-17)26-22(28)16-29-21-7-4-19(23)14-18(21)15-25-10-13-27-11-8-24-9-12-27/h2-7,14,24-25H,8-13,15-16H2,1H3,(H,26,28). The molecular weight excluding hydrogens is 432 g/mol. The van der Waals surface area contributed by atoms with Crippen molar-refractivity contribution in [2.24, 2.45) is 0 Å². The Hall–Kier alpha value is -1.93. The van der Waals surface area contributed by atoms with Crippen molar-refractivity contribution in [1.82, 2.24) is 15.5 Å². The molecule has 1 heterocycles. The molecule has 6 nitrogen and oxygen atoms in total. The fourth-order valence-corrected chi connectivity index (χ4v) is 3.61. The average Bonchev–Trinajstić information content (AvgIpc) is 2.73. The number of carbonyl (C=O) groups is 1. The Morgan fingerprint density at radius 3 is 2.69 bits per heavy atom. The Morgan fingerprint density at radius 1 is 1.17 bits per heavy atom. The lowest BCUT2D eigenvalue weighted by atomic mass is 10.2. The van der Waals surface area contributed by atoms with E-state index in [0.717, 1.165) is 66.3 Å². The zero-order valence-electron chi connectivity index (χ0n) is 16.8. The maximum Gasteiger partial charge on any atom is 0.262 e. The summed E-state index contributed by atoms with van der Waals surface area (Å²) in [6, 6.07) is 13.6. The number of amides is 1. The molecule has 1 saturated heterocycles. The molecule has 0 bridgehead atoms. The van der Waals surface area contributed by atoms with Crippen LogP contribution < -0.4 is 20.7 Å². The van der Waals surface area contributed by atoms with E-state index in [1.165, 1.54) is 0 Å². The lowest BCUT2D eigenvalue weighted by molar-refractivity contribution is -0.118. The van der Waals surface area contributed by atoms with Crippen LogP contribution in [-0.4, -0.2) is 56.7 Å². The number of nitrogens with zero attached hydrogens (tertiary/aromatic N) is 1. The van der Waals surface area contributed by atoms with Crippen LogP contribution in [0.1, 0.15) is 11.1 Å². The molecule has 3 N–H and O–H groups in total. The summed E-state index contributed by atoms with van der Waals surface area (Å²) in [7, 11) is 0. The van der Waals surface area contributed by atoms with Gasteiger partial charge in [-0.05, 0) is 37.3 Å². The minimum Gasteiger partial charge on any atom is -0.483 e. The van der Waals surface area contributed by atoms with Gasteiger partial charge in [0, 0.05) is 61.5 Å². The van der Waals surface area contributed by atoms with Crippen molar-refractivity contribution >= 4 is 27.5 Å². The van der Waals surface area contributed by atoms with E-state index in [0.29, 0.717) is 6.54 Å². The average molecular weight is 461 g/mol. The first-order valence-electron chi connectivity index (χ1n) is 10.0. The highest BCUT2D eigenvalue weighted by Crippen LogP contribution is 2.23. The molecule has 0 aliphatic carbocycles. The largest absolute Gasteiger partial charge is 0.483 e. The third kappa shape index (κ3) is 7.44. The first-order valence-corrected chi connectivity index (χ1v) is 10.8. The van der Waals surface area contributed by atoms with Gasteiger partial charge in [0.05, 0.1) is 0 Å². The number of piperazine rings is 1. The van der Waals surface area contributed by atoms with Crippen molar-refractivity contribution in [2.45, 2.75) is 13.5 Å². The van der Waals surface area contributed by atoms with E-state index >= 15 is 0 Å². The third-order valence-electron chi connectivity index (χ3n) is 4.85. The fourth-order valence-electron chi connectivity index (χ4n) is 3.20. The van der Waals surface area contributed by atoms with Crippen LogP contribution in [0, 0.1) is 6.92 Å². The molecule has 0 unspecified atom stereocenters. The maximum absolute atomic E-state index is 12.2. The number of carbonyl (C=O) groups excluding carboxylic acids is 1. The molecule has 0 aromatic heterocycles. The van der Waals surface area contributed by atoms with Crippen molar-refractivity contribution in [3.63, 3.8) is 0 Å². The number of hydrogen-bond acceptors (Lipinski definition) is 5. The zero-order valence-corrected chi connectivity index (χ0v) is 18.4. The maximum atomic E-state index is 12.2. The Morgan fingerprint density at radius 2 is 1.93 bits per heavy atom. The normalized spacial score (nSPS) is 14.6. The highest BCUT2D eigenvalue weighted by molar-refractivity contribution is 9.10. The number of benzene rings is 2. The van der Waals surface area contributed by atoms with Gasteiger partial charge in [0.25, 0.3) is 5.91 Å². The number of hydrogen-bond donors (Lipinski definition) is 3. The molecule has 1 fully saturated rings. The molecule has 29 heavy (non-hydrogen) atoms. The van der Waals surface area contributed by atoms with E-state index in [4.69, 9.17) is 4.74 Å². The summed E-state index contributed by atoms with van der Waals surface area (Å²) >= 11 is 3.52. The van der Waals surface area contributed by atoms with Crippen LogP contribution in [0.15, 0.2) is 46.9 Å². The second-order valence-electron chi connectivity index (χ2n) is 7.22. The first-order chi connectivity index (χ1) is 14.1. The first kappa shape index (κ1) is 21.8. The predicted molar refractivity (Wildman–Crippen MR) is 120 cm³/mol. The number of nitrogens with one attached hydrogen (secondary N) is 3. The van der Waals surface area contributed by atoms with E-state index in [9.17, 15) is 4.79 Å². The van der Waals surface area contributed by atoms with Crippen molar-refractivity contribution < 1.29 is 9.53 Å². The zero-order chi connectivity index (χ0) is 20.5. The van der Waals surface area contributed by atoms with E-state index in [1.807, 2.05) is 49.4 Å². The number of rotatable bonds is 9. The molecule has 2 aromatic carbocycles. The lowest BCUT2D eigenvalue weighted by Crippen LogP contribution is -2.45. The Balaban J connectivity index is 1.47. The molecule has 3 rings (SSSR count). The van der Waals surface area contributed by atoms with Gasteiger partial charge in [-0.1, -0.05) is 33.6 Å². The summed E-state index contributed by atoms with van der Waals surface area (Å²) in [6.07, 6.45) is 0. The third-order valence-corrected chi connectivity index (χ3v) is 5.34. The van der Waals surface area contributed by atoms with Gasteiger partial charge in [0.15, 0.2) is 6.61 Å². The molecule has 156 valence electrons. The fraction of sp³-hybridized carbons (Fsp3) is 0.409. The topological polar surface area (TPSA) is 65.6 Å². The summed E-state index contributed by atoms with van der Waals surface area (Å²) in [6.45, 7) is 8.96.